The van der Waals surface area contributed by atoms with E-state index in [2.05, 4.69) is 5.32 Å². The lowest BCUT2D eigenvalue weighted by Gasteiger charge is -2.38. The topological polar surface area (TPSA) is 93.2 Å². The highest BCUT2D eigenvalue weighted by Gasteiger charge is 2.32. The Labute approximate surface area is 178 Å². The van der Waals surface area contributed by atoms with Gasteiger partial charge in [0.2, 0.25) is 0 Å². The van der Waals surface area contributed by atoms with Gasteiger partial charge >= 0.3 is 12.1 Å². The third kappa shape index (κ3) is 4.30. The van der Waals surface area contributed by atoms with Crippen LogP contribution in [-0.2, 0) is 0 Å². The maximum atomic E-state index is 13.2. The third-order valence-corrected chi connectivity index (χ3v) is 5.69. The van der Waals surface area contributed by atoms with E-state index in [1.54, 1.807) is 34.1 Å². The first-order valence-corrected chi connectivity index (χ1v) is 10.2. The Hall–Kier alpha value is -3.62. The Bertz CT molecular complexity index is 989. The van der Waals surface area contributed by atoms with Crippen molar-refractivity contribution in [2.75, 3.05) is 36.0 Å². The summed E-state index contributed by atoms with van der Waals surface area (Å²) in [5.74, 6) is -0.666. The second kappa shape index (κ2) is 8.63. The predicted molar refractivity (Wildman–Crippen MR) is 113 cm³/mol. The normalized spacial score (nSPS) is 16.6. The molecule has 0 unspecified atom stereocenters. The third-order valence-electron chi connectivity index (χ3n) is 5.69. The molecule has 31 heavy (non-hydrogen) atoms. The highest BCUT2D eigenvalue weighted by atomic mass is 19.1. The van der Waals surface area contributed by atoms with Crippen LogP contribution in [0.3, 0.4) is 0 Å². The van der Waals surface area contributed by atoms with Crippen molar-refractivity contribution < 1.29 is 23.9 Å². The number of carbonyl (C=O) groups is 3. The number of benzene rings is 2. The zero-order chi connectivity index (χ0) is 22.0. The number of para-hydroxylation sites is 2. The predicted octanol–water partition coefficient (Wildman–Crippen LogP) is 3.14. The second-order valence-electron chi connectivity index (χ2n) is 7.60. The van der Waals surface area contributed by atoms with Crippen molar-refractivity contribution in [2.24, 2.45) is 0 Å². The van der Waals surface area contributed by atoms with Gasteiger partial charge in [0.1, 0.15) is 5.82 Å². The van der Waals surface area contributed by atoms with E-state index in [-0.39, 0.29) is 18.0 Å². The standard InChI is InChI=1S/C22H23FN4O4/c23-16-7-5-15(6-8-16)20(28)26-13-14-27(19-4-2-1-3-18(19)26)21(29)24-17-9-11-25(12-10-17)22(30)31/h1-8,17H,9-14H2,(H,24,29)(H,30,31). The second-order valence-corrected chi connectivity index (χ2v) is 7.60. The number of carbonyl (C=O) groups excluding carboxylic acids is 2. The van der Waals surface area contributed by atoms with Gasteiger partial charge < -0.3 is 20.2 Å². The van der Waals surface area contributed by atoms with Crippen LogP contribution in [0.4, 0.5) is 25.4 Å². The van der Waals surface area contributed by atoms with Gasteiger partial charge in [-0.25, -0.2) is 14.0 Å². The summed E-state index contributed by atoms with van der Waals surface area (Å²) in [6.07, 6.45) is 0.173. The average molecular weight is 426 g/mol. The van der Waals surface area contributed by atoms with Crippen molar-refractivity contribution in [3.8, 4) is 0 Å². The van der Waals surface area contributed by atoms with Gasteiger partial charge in [-0.2, -0.15) is 0 Å². The van der Waals surface area contributed by atoms with Gasteiger partial charge in [-0.05, 0) is 49.2 Å². The largest absolute Gasteiger partial charge is 0.465 e. The number of hydrogen-bond donors (Lipinski definition) is 2. The summed E-state index contributed by atoms with van der Waals surface area (Å²) in [5, 5.41) is 12.1. The lowest BCUT2D eigenvalue weighted by molar-refractivity contribution is 0.0986. The lowest BCUT2D eigenvalue weighted by atomic mass is 10.1. The number of likely N-dealkylation sites (tertiary alicyclic amines) is 1. The molecule has 4 amide bonds. The van der Waals surface area contributed by atoms with E-state index in [4.69, 9.17) is 5.11 Å². The van der Waals surface area contributed by atoms with Gasteiger partial charge in [0.15, 0.2) is 0 Å². The minimum atomic E-state index is -0.944. The molecule has 2 heterocycles. The quantitative estimate of drug-likeness (QED) is 0.772. The molecule has 0 bridgehead atoms. The summed E-state index contributed by atoms with van der Waals surface area (Å²) < 4.78 is 13.2. The van der Waals surface area contributed by atoms with E-state index in [0.717, 1.165) is 0 Å². The van der Waals surface area contributed by atoms with Crippen molar-refractivity contribution in [3.05, 3.63) is 59.9 Å². The molecule has 9 heteroatoms. The molecule has 1 fully saturated rings. The zero-order valence-electron chi connectivity index (χ0n) is 16.8. The molecule has 0 aromatic heterocycles. The van der Waals surface area contributed by atoms with Gasteiger partial charge in [-0.3, -0.25) is 9.69 Å². The maximum absolute atomic E-state index is 13.2. The summed E-state index contributed by atoms with van der Waals surface area (Å²) in [7, 11) is 0. The van der Waals surface area contributed by atoms with E-state index >= 15 is 0 Å². The first kappa shape index (κ1) is 20.6. The fourth-order valence-corrected chi connectivity index (χ4v) is 4.00. The first-order valence-electron chi connectivity index (χ1n) is 10.2. The Morgan fingerprint density at radius 1 is 0.871 bits per heavy atom. The number of nitrogens with zero attached hydrogens (tertiary/aromatic N) is 3. The van der Waals surface area contributed by atoms with Gasteiger partial charge in [-0.15, -0.1) is 0 Å². The molecule has 0 atom stereocenters. The van der Waals surface area contributed by atoms with Crippen LogP contribution in [0.25, 0.3) is 0 Å². The highest BCUT2D eigenvalue weighted by molar-refractivity contribution is 6.10. The summed E-state index contributed by atoms with van der Waals surface area (Å²) in [6.45, 7) is 1.38. The number of piperidine rings is 1. The molecule has 0 saturated carbocycles. The van der Waals surface area contributed by atoms with Crippen LogP contribution in [0.1, 0.15) is 23.2 Å². The van der Waals surface area contributed by atoms with Crippen LogP contribution in [0, 0.1) is 5.82 Å². The van der Waals surface area contributed by atoms with Crippen molar-refractivity contribution in [2.45, 2.75) is 18.9 Å². The number of hydrogen-bond acceptors (Lipinski definition) is 3. The summed E-state index contributed by atoms with van der Waals surface area (Å²) in [4.78, 5) is 41.5. The molecule has 4 rings (SSSR count). The molecule has 0 aliphatic carbocycles. The molecule has 2 aliphatic rings. The van der Waals surface area contributed by atoms with E-state index in [1.807, 2.05) is 0 Å². The molecule has 2 aromatic carbocycles. The molecule has 0 spiro atoms. The SMILES string of the molecule is O=C(O)N1CCC(NC(=O)N2CCN(C(=O)c3ccc(F)cc3)c3ccccc32)CC1. The van der Waals surface area contributed by atoms with Crippen molar-refractivity contribution in [3.63, 3.8) is 0 Å². The number of urea groups is 1. The van der Waals surface area contributed by atoms with Crippen LogP contribution in [0.2, 0.25) is 0 Å². The number of fused-ring (bicyclic) bond motifs is 1. The smallest absolute Gasteiger partial charge is 0.407 e. The first-order chi connectivity index (χ1) is 14.9. The van der Waals surface area contributed by atoms with Crippen LogP contribution in [0.15, 0.2) is 48.5 Å². The van der Waals surface area contributed by atoms with Crippen molar-refractivity contribution in [1.82, 2.24) is 10.2 Å². The minimum absolute atomic E-state index is 0.103. The summed E-state index contributed by atoms with van der Waals surface area (Å²) >= 11 is 0. The van der Waals surface area contributed by atoms with E-state index in [1.165, 1.54) is 29.2 Å². The molecule has 162 valence electrons. The maximum Gasteiger partial charge on any atom is 0.407 e. The number of rotatable bonds is 2. The van der Waals surface area contributed by atoms with E-state index < -0.39 is 11.9 Å². The Kier molecular flexibility index (Phi) is 5.75. The van der Waals surface area contributed by atoms with E-state index in [0.29, 0.717) is 56.0 Å². The Balaban J connectivity index is 1.48. The van der Waals surface area contributed by atoms with Crippen LogP contribution < -0.4 is 15.1 Å². The molecule has 8 nitrogen and oxygen atoms in total. The number of anilines is 2. The molecule has 2 N–H and O–H groups in total. The Morgan fingerprint density at radius 3 is 2.06 bits per heavy atom. The molecule has 0 radical (unpaired) electrons. The molecular formula is C22H23FN4O4. The van der Waals surface area contributed by atoms with Crippen LogP contribution >= 0.6 is 0 Å². The van der Waals surface area contributed by atoms with E-state index in [9.17, 15) is 18.8 Å². The lowest BCUT2D eigenvalue weighted by Crippen LogP contribution is -2.53. The number of carboxylic acid groups (broad SMARTS) is 1. The molecule has 2 aromatic rings. The fraction of sp³-hybridized carbons (Fsp3) is 0.318. The Morgan fingerprint density at radius 2 is 1.45 bits per heavy atom. The molecule has 2 aliphatic heterocycles. The highest BCUT2D eigenvalue weighted by Crippen LogP contribution is 2.34. The van der Waals surface area contributed by atoms with Gasteiger partial charge in [0, 0.05) is 37.8 Å². The van der Waals surface area contributed by atoms with Crippen molar-refractivity contribution >= 4 is 29.4 Å². The van der Waals surface area contributed by atoms with Gasteiger partial charge in [-0.1, -0.05) is 12.1 Å². The molecular weight excluding hydrogens is 403 g/mol. The number of amides is 4. The zero-order valence-corrected chi connectivity index (χ0v) is 16.8. The number of nitrogens with one attached hydrogen (secondary N) is 1. The molecule has 1 saturated heterocycles. The van der Waals surface area contributed by atoms with Crippen LogP contribution in [0.5, 0.6) is 0 Å². The van der Waals surface area contributed by atoms with Crippen LogP contribution in [-0.4, -0.2) is 60.3 Å². The van der Waals surface area contributed by atoms with Gasteiger partial charge in [0.25, 0.3) is 5.91 Å². The number of halogens is 1. The summed E-state index contributed by atoms with van der Waals surface area (Å²) in [5.41, 5.74) is 1.60. The average Bonchev–Trinajstić information content (AvgIpc) is 2.78. The van der Waals surface area contributed by atoms with Gasteiger partial charge in [0.05, 0.1) is 11.4 Å². The minimum Gasteiger partial charge on any atom is -0.465 e. The summed E-state index contributed by atoms with van der Waals surface area (Å²) in [6, 6.07) is 12.2. The monoisotopic (exact) mass is 426 g/mol. The fourth-order valence-electron chi connectivity index (χ4n) is 4.00. The van der Waals surface area contributed by atoms with Crippen molar-refractivity contribution in [1.29, 1.82) is 0 Å².